The topological polar surface area (TPSA) is 83.9 Å². The zero-order chi connectivity index (χ0) is 21.0. The van der Waals surface area contributed by atoms with Gasteiger partial charge in [-0.25, -0.2) is 0 Å². The van der Waals surface area contributed by atoms with Crippen LogP contribution in [0.5, 0.6) is 0 Å². The quantitative estimate of drug-likeness (QED) is 0.258. The van der Waals surface area contributed by atoms with Crippen molar-refractivity contribution in [3.8, 4) is 0 Å². The zero-order valence-corrected chi connectivity index (χ0v) is 18.0. The number of amides is 1. The van der Waals surface area contributed by atoms with E-state index in [-0.39, 0.29) is 30.1 Å². The maximum absolute atomic E-state index is 12.2. The number of aliphatic hydroxyl groups is 1. The number of ether oxygens (including phenoxy) is 1. The Morgan fingerprint density at radius 1 is 1.11 bits per heavy atom. The van der Waals surface area contributed by atoms with Gasteiger partial charge in [0.15, 0.2) is 5.78 Å². The van der Waals surface area contributed by atoms with Crippen molar-refractivity contribution in [1.29, 1.82) is 0 Å². The summed E-state index contributed by atoms with van der Waals surface area (Å²) in [7, 11) is 1.39. The number of nitrogens with zero attached hydrogens (tertiary/aromatic N) is 1. The van der Waals surface area contributed by atoms with Gasteiger partial charge in [0.05, 0.1) is 25.2 Å². The molecule has 6 heteroatoms. The minimum Gasteiger partial charge on any atom is -0.469 e. The number of hydrogen-bond donors (Lipinski definition) is 1. The summed E-state index contributed by atoms with van der Waals surface area (Å²) in [5, 5.41) is 10.4. The Labute approximate surface area is 170 Å². The van der Waals surface area contributed by atoms with E-state index in [1.165, 1.54) is 7.11 Å². The molecule has 2 atom stereocenters. The molecule has 162 valence electrons. The molecular formula is C22H39NO5. The molecule has 1 rings (SSSR count). The van der Waals surface area contributed by atoms with Gasteiger partial charge in [-0.3, -0.25) is 14.4 Å². The van der Waals surface area contributed by atoms with Crippen LogP contribution < -0.4 is 0 Å². The molecule has 1 amide bonds. The van der Waals surface area contributed by atoms with E-state index in [4.69, 9.17) is 0 Å². The monoisotopic (exact) mass is 397 g/mol. The van der Waals surface area contributed by atoms with Gasteiger partial charge in [0.25, 0.3) is 0 Å². The van der Waals surface area contributed by atoms with Gasteiger partial charge in [-0.15, -0.1) is 0 Å². The van der Waals surface area contributed by atoms with Gasteiger partial charge in [-0.05, 0) is 45.4 Å². The summed E-state index contributed by atoms with van der Waals surface area (Å²) >= 11 is 0. The molecule has 1 heterocycles. The molecule has 0 saturated carbocycles. The third-order valence-corrected chi connectivity index (χ3v) is 5.66. The molecule has 0 aromatic carbocycles. The van der Waals surface area contributed by atoms with Crippen LogP contribution in [0.25, 0.3) is 0 Å². The highest BCUT2D eigenvalue weighted by Gasteiger charge is 2.37. The van der Waals surface area contributed by atoms with Crippen molar-refractivity contribution in [3.05, 3.63) is 0 Å². The number of carbonyl (C=O) groups is 3. The molecule has 6 nitrogen and oxygen atoms in total. The Kier molecular flexibility index (Phi) is 11.4. The lowest BCUT2D eigenvalue weighted by atomic mass is 9.93. The minimum atomic E-state index is -0.634. The third-order valence-electron chi connectivity index (χ3n) is 5.66. The van der Waals surface area contributed by atoms with E-state index in [0.717, 1.165) is 64.2 Å². The predicted octanol–water partition coefficient (Wildman–Crippen LogP) is 3.78. The summed E-state index contributed by atoms with van der Waals surface area (Å²) in [4.78, 5) is 37.2. The van der Waals surface area contributed by atoms with E-state index in [1.54, 1.807) is 4.90 Å². The molecule has 1 N–H and O–H groups in total. The molecule has 1 saturated heterocycles. The number of Topliss-reactive ketones (excluding diaryl/α,β-unsaturated/α-hetero) is 1. The molecule has 0 aliphatic carbocycles. The molecular weight excluding hydrogens is 358 g/mol. The van der Waals surface area contributed by atoms with E-state index in [2.05, 4.69) is 11.7 Å². The smallest absolute Gasteiger partial charge is 0.305 e. The van der Waals surface area contributed by atoms with Crippen molar-refractivity contribution in [2.75, 3.05) is 13.7 Å². The number of ketones is 1. The Balaban J connectivity index is 2.30. The summed E-state index contributed by atoms with van der Waals surface area (Å²) in [5.74, 6) is -0.204. The van der Waals surface area contributed by atoms with Crippen LogP contribution in [0, 0.1) is 0 Å². The number of methoxy groups -OCH3 is 1. The van der Waals surface area contributed by atoms with Crippen LogP contribution in [-0.2, 0) is 19.1 Å². The lowest BCUT2D eigenvalue weighted by Crippen LogP contribution is -2.36. The number of hydrogen-bond acceptors (Lipinski definition) is 5. The molecule has 0 aromatic heterocycles. The van der Waals surface area contributed by atoms with Crippen LogP contribution in [0.15, 0.2) is 0 Å². The first-order chi connectivity index (χ1) is 13.3. The fourth-order valence-electron chi connectivity index (χ4n) is 3.85. The number of rotatable bonds is 15. The average Bonchev–Trinajstić information content (AvgIpc) is 2.92. The van der Waals surface area contributed by atoms with Crippen LogP contribution >= 0.6 is 0 Å². The van der Waals surface area contributed by atoms with Crippen LogP contribution in [-0.4, -0.2) is 53.0 Å². The molecule has 2 unspecified atom stereocenters. The normalized spacial score (nSPS) is 19.1. The van der Waals surface area contributed by atoms with Crippen LogP contribution in [0.4, 0.5) is 0 Å². The van der Waals surface area contributed by atoms with Crippen molar-refractivity contribution in [2.45, 2.75) is 109 Å². The average molecular weight is 398 g/mol. The lowest BCUT2D eigenvalue weighted by molar-refractivity contribution is -0.140. The van der Waals surface area contributed by atoms with Crippen molar-refractivity contribution in [3.63, 3.8) is 0 Å². The number of esters is 1. The van der Waals surface area contributed by atoms with Crippen LogP contribution in [0.2, 0.25) is 0 Å². The highest BCUT2D eigenvalue weighted by Crippen LogP contribution is 2.24. The summed E-state index contributed by atoms with van der Waals surface area (Å²) < 4.78 is 4.62. The lowest BCUT2D eigenvalue weighted by Gasteiger charge is -2.26. The van der Waals surface area contributed by atoms with Crippen LogP contribution in [0.3, 0.4) is 0 Å². The first-order valence-corrected chi connectivity index (χ1v) is 10.9. The van der Waals surface area contributed by atoms with E-state index in [1.807, 2.05) is 6.92 Å². The standard InChI is InChI=1S/C22H39NO5/c1-4-5-14-22(2,27)15-10-11-16-23-18(19(24)17-20(23)25)12-8-6-7-9-13-21(26)28-3/h18,27H,4-17H2,1-3H3. The SMILES string of the molecule is CCCCC(C)(O)CCCCN1C(=O)CC(=O)C1CCCCCCC(=O)OC. The summed E-state index contributed by atoms with van der Waals surface area (Å²) in [6.07, 6.45) is 10.0. The molecule has 1 aliphatic rings. The van der Waals surface area contributed by atoms with Gasteiger partial charge in [0.1, 0.15) is 0 Å². The van der Waals surface area contributed by atoms with Crippen molar-refractivity contribution >= 4 is 17.7 Å². The predicted molar refractivity (Wildman–Crippen MR) is 109 cm³/mol. The second-order valence-corrected chi connectivity index (χ2v) is 8.33. The maximum atomic E-state index is 12.2. The fraction of sp³-hybridized carbons (Fsp3) is 0.864. The van der Waals surface area contributed by atoms with E-state index in [9.17, 15) is 19.5 Å². The Morgan fingerprint density at radius 3 is 2.46 bits per heavy atom. The third kappa shape index (κ3) is 9.18. The largest absolute Gasteiger partial charge is 0.469 e. The Morgan fingerprint density at radius 2 is 1.79 bits per heavy atom. The Hall–Kier alpha value is -1.43. The van der Waals surface area contributed by atoms with E-state index < -0.39 is 5.60 Å². The molecule has 0 aromatic rings. The minimum absolute atomic E-state index is 0.0290. The molecule has 0 spiro atoms. The summed E-state index contributed by atoms with van der Waals surface area (Å²) in [5.41, 5.74) is -0.634. The van der Waals surface area contributed by atoms with Crippen LogP contribution in [0.1, 0.15) is 97.3 Å². The maximum Gasteiger partial charge on any atom is 0.305 e. The number of carbonyl (C=O) groups excluding carboxylic acids is 3. The van der Waals surface area contributed by atoms with Gasteiger partial charge >= 0.3 is 5.97 Å². The van der Waals surface area contributed by atoms with Gasteiger partial charge in [0, 0.05) is 13.0 Å². The number of unbranched alkanes of at least 4 members (excludes halogenated alkanes) is 5. The van der Waals surface area contributed by atoms with Gasteiger partial charge in [0.2, 0.25) is 5.91 Å². The fourth-order valence-corrected chi connectivity index (χ4v) is 3.85. The highest BCUT2D eigenvalue weighted by atomic mass is 16.5. The van der Waals surface area contributed by atoms with Gasteiger partial charge < -0.3 is 14.7 Å². The molecule has 1 fully saturated rings. The second kappa shape index (κ2) is 12.9. The molecule has 28 heavy (non-hydrogen) atoms. The molecule has 0 radical (unpaired) electrons. The Bertz CT molecular complexity index is 503. The van der Waals surface area contributed by atoms with Crippen molar-refractivity contribution in [1.82, 2.24) is 4.90 Å². The van der Waals surface area contributed by atoms with Crippen molar-refractivity contribution < 1.29 is 24.2 Å². The highest BCUT2D eigenvalue weighted by molar-refractivity contribution is 6.07. The van der Waals surface area contributed by atoms with Gasteiger partial charge in [-0.2, -0.15) is 0 Å². The first-order valence-electron chi connectivity index (χ1n) is 10.9. The summed E-state index contributed by atoms with van der Waals surface area (Å²) in [6, 6.07) is -0.284. The first kappa shape index (κ1) is 24.6. The summed E-state index contributed by atoms with van der Waals surface area (Å²) in [6.45, 7) is 4.60. The van der Waals surface area contributed by atoms with E-state index >= 15 is 0 Å². The van der Waals surface area contributed by atoms with Crippen molar-refractivity contribution in [2.24, 2.45) is 0 Å². The number of likely N-dealkylation sites (tertiary alicyclic amines) is 1. The second-order valence-electron chi connectivity index (χ2n) is 8.33. The van der Waals surface area contributed by atoms with E-state index in [0.29, 0.717) is 19.4 Å². The molecule has 1 aliphatic heterocycles. The van der Waals surface area contributed by atoms with Gasteiger partial charge in [-0.1, -0.05) is 39.0 Å². The molecule has 0 bridgehead atoms. The zero-order valence-electron chi connectivity index (χ0n) is 18.0.